The highest BCUT2D eigenvalue weighted by Crippen LogP contribution is 2.15. The Labute approximate surface area is 165 Å². The highest BCUT2D eigenvalue weighted by atomic mass is 16.5. The number of rotatable bonds is 8. The third-order valence-electron chi connectivity index (χ3n) is 4.38. The van der Waals surface area contributed by atoms with Crippen molar-refractivity contribution in [3.63, 3.8) is 0 Å². The molecule has 6 heteroatoms. The Kier molecular flexibility index (Phi) is 6.57. The van der Waals surface area contributed by atoms with Crippen LogP contribution in [0.15, 0.2) is 60.9 Å². The average molecular weight is 376 g/mol. The van der Waals surface area contributed by atoms with Gasteiger partial charge in [-0.3, -0.25) is 4.79 Å². The number of aromatic nitrogens is 2. The van der Waals surface area contributed by atoms with Gasteiger partial charge in [-0.25, -0.2) is 9.97 Å². The Morgan fingerprint density at radius 2 is 1.68 bits per heavy atom. The fourth-order valence-corrected chi connectivity index (χ4v) is 2.68. The minimum atomic E-state index is -0.236. The van der Waals surface area contributed by atoms with Crippen LogP contribution >= 0.6 is 0 Å². The first-order valence-electron chi connectivity index (χ1n) is 9.27. The minimum absolute atomic E-state index is 0.236. The van der Waals surface area contributed by atoms with Crippen LogP contribution in [0.5, 0.6) is 5.75 Å². The van der Waals surface area contributed by atoms with Gasteiger partial charge < -0.3 is 15.4 Å². The average Bonchev–Trinajstić information content (AvgIpc) is 2.75. The van der Waals surface area contributed by atoms with E-state index in [1.165, 1.54) is 11.8 Å². The van der Waals surface area contributed by atoms with Crippen molar-refractivity contribution in [2.45, 2.75) is 19.8 Å². The molecule has 0 radical (unpaired) electrons. The number of hydrogen-bond donors (Lipinski definition) is 2. The molecule has 2 aromatic carbocycles. The zero-order chi connectivity index (χ0) is 19.8. The first-order valence-corrected chi connectivity index (χ1v) is 9.27. The number of carbonyl (C=O) groups is 1. The SMILES string of the molecule is CCc1ccc(Nc2cnc(C(=O)NCCc3ccc(OC)cc3)cn2)cc1. The maximum absolute atomic E-state index is 12.2. The Morgan fingerprint density at radius 1 is 0.964 bits per heavy atom. The van der Waals surface area contributed by atoms with E-state index in [1.807, 2.05) is 36.4 Å². The molecule has 0 aliphatic rings. The molecule has 0 atom stereocenters. The maximum Gasteiger partial charge on any atom is 0.271 e. The van der Waals surface area contributed by atoms with Gasteiger partial charge in [-0.05, 0) is 48.2 Å². The summed E-state index contributed by atoms with van der Waals surface area (Å²) in [5.74, 6) is 1.18. The monoisotopic (exact) mass is 376 g/mol. The molecule has 1 aromatic heterocycles. The molecule has 0 unspecified atom stereocenters. The van der Waals surface area contributed by atoms with E-state index in [0.29, 0.717) is 18.1 Å². The number of nitrogens with zero attached hydrogens (tertiary/aromatic N) is 2. The number of hydrogen-bond acceptors (Lipinski definition) is 5. The molecule has 0 saturated heterocycles. The lowest BCUT2D eigenvalue weighted by atomic mass is 10.1. The summed E-state index contributed by atoms with van der Waals surface area (Å²) in [6.45, 7) is 2.64. The van der Waals surface area contributed by atoms with Gasteiger partial charge in [-0.15, -0.1) is 0 Å². The van der Waals surface area contributed by atoms with E-state index in [1.54, 1.807) is 13.3 Å². The number of methoxy groups -OCH3 is 1. The highest BCUT2D eigenvalue weighted by molar-refractivity contribution is 5.92. The fourth-order valence-electron chi connectivity index (χ4n) is 2.68. The summed E-state index contributed by atoms with van der Waals surface area (Å²) in [5.41, 5.74) is 3.63. The molecular weight excluding hydrogens is 352 g/mol. The standard InChI is InChI=1S/C22H24N4O2/c1-3-16-4-8-18(9-5-16)26-21-15-24-20(14-25-21)22(27)23-13-12-17-6-10-19(28-2)11-7-17/h4-11,14-15H,3,12-13H2,1-2H3,(H,23,27)(H,25,26). The van der Waals surface area contributed by atoms with E-state index < -0.39 is 0 Å². The van der Waals surface area contributed by atoms with E-state index >= 15 is 0 Å². The van der Waals surface area contributed by atoms with Crippen molar-refractivity contribution < 1.29 is 9.53 Å². The summed E-state index contributed by atoms with van der Waals surface area (Å²) in [6, 6.07) is 15.9. The van der Waals surface area contributed by atoms with Crippen molar-refractivity contribution in [1.82, 2.24) is 15.3 Å². The van der Waals surface area contributed by atoms with E-state index in [9.17, 15) is 4.79 Å². The minimum Gasteiger partial charge on any atom is -0.497 e. The molecule has 0 spiro atoms. The van der Waals surface area contributed by atoms with Crippen LogP contribution in [0.3, 0.4) is 0 Å². The molecule has 0 fully saturated rings. The maximum atomic E-state index is 12.2. The molecule has 6 nitrogen and oxygen atoms in total. The molecule has 0 saturated carbocycles. The number of aryl methyl sites for hydroxylation is 1. The summed E-state index contributed by atoms with van der Waals surface area (Å²) in [5, 5.41) is 6.04. The van der Waals surface area contributed by atoms with E-state index in [-0.39, 0.29) is 5.91 Å². The van der Waals surface area contributed by atoms with Gasteiger partial charge in [0.15, 0.2) is 0 Å². The second kappa shape index (κ2) is 9.50. The van der Waals surface area contributed by atoms with Crippen molar-refractivity contribution in [1.29, 1.82) is 0 Å². The van der Waals surface area contributed by atoms with Gasteiger partial charge in [0.2, 0.25) is 0 Å². The lowest BCUT2D eigenvalue weighted by Gasteiger charge is -2.08. The van der Waals surface area contributed by atoms with Gasteiger partial charge in [0.25, 0.3) is 5.91 Å². The Balaban J connectivity index is 1.49. The number of anilines is 2. The molecule has 0 aliphatic heterocycles. The summed E-state index contributed by atoms with van der Waals surface area (Å²) in [6.07, 6.45) is 4.77. The summed E-state index contributed by atoms with van der Waals surface area (Å²) in [4.78, 5) is 20.7. The van der Waals surface area contributed by atoms with Crippen LogP contribution in [0.25, 0.3) is 0 Å². The third kappa shape index (κ3) is 5.30. The normalized spacial score (nSPS) is 10.4. The number of amides is 1. The van der Waals surface area contributed by atoms with Crippen molar-refractivity contribution in [2.24, 2.45) is 0 Å². The van der Waals surface area contributed by atoms with Crippen LogP contribution in [0.4, 0.5) is 11.5 Å². The van der Waals surface area contributed by atoms with Crippen molar-refractivity contribution in [3.8, 4) is 5.75 Å². The van der Waals surface area contributed by atoms with E-state index in [0.717, 1.165) is 29.8 Å². The van der Waals surface area contributed by atoms with Gasteiger partial charge in [-0.2, -0.15) is 0 Å². The van der Waals surface area contributed by atoms with Crippen molar-refractivity contribution in [3.05, 3.63) is 77.7 Å². The lowest BCUT2D eigenvalue weighted by Crippen LogP contribution is -2.26. The van der Waals surface area contributed by atoms with Gasteiger partial charge in [0.1, 0.15) is 17.3 Å². The molecule has 2 N–H and O–H groups in total. The van der Waals surface area contributed by atoms with Crippen LogP contribution in [-0.4, -0.2) is 29.5 Å². The molecule has 28 heavy (non-hydrogen) atoms. The predicted molar refractivity (Wildman–Crippen MR) is 110 cm³/mol. The number of carbonyl (C=O) groups excluding carboxylic acids is 1. The van der Waals surface area contributed by atoms with Crippen molar-refractivity contribution >= 4 is 17.4 Å². The number of ether oxygens (including phenoxy) is 1. The second-order valence-electron chi connectivity index (χ2n) is 6.32. The molecular formula is C22H24N4O2. The molecule has 1 amide bonds. The van der Waals surface area contributed by atoms with Crippen LogP contribution < -0.4 is 15.4 Å². The summed E-state index contributed by atoms with van der Waals surface area (Å²) in [7, 11) is 1.64. The Bertz CT molecular complexity index is 891. The molecule has 1 heterocycles. The summed E-state index contributed by atoms with van der Waals surface area (Å²) >= 11 is 0. The molecule has 3 rings (SSSR count). The summed E-state index contributed by atoms with van der Waals surface area (Å²) < 4.78 is 5.14. The second-order valence-corrected chi connectivity index (χ2v) is 6.32. The smallest absolute Gasteiger partial charge is 0.271 e. The third-order valence-corrected chi connectivity index (χ3v) is 4.38. The Hall–Kier alpha value is -3.41. The zero-order valence-electron chi connectivity index (χ0n) is 16.1. The predicted octanol–water partition coefficient (Wildman–Crippen LogP) is 3.76. The first-order chi connectivity index (χ1) is 13.7. The van der Waals surface area contributed by atoms with Crippen LogP contribution in [0.2, 0.25) is 0 Å². The number of benzene rings is 2. The number of nitrogens with one attached hydrogen (secondary N) is 2. The quantitative estimate of drug-likeness (QED) is 0.626. The molecule has 144 valence electrons. The first kappa shape index (κ1) is 19.4. The topological polar surface area (TPSA) is 76.1 Å². The van der Waals surface area contributed by atoms with Crippen LogP contribution in [0.1, 0.15) is 28.5 Å². The highest BCUT2D eigenvalue weighted by Gasteiger charge is 2.08. The molecule has 0 aliphatic carbocycles. The zero-order valence-corrected chi connectivity index (χ0v) is 16.1. The lowest BCUT2D eigenvalue weighted by molar-refractivity contribution is 0.0949. The van der Waals surface area contributed by atoms with Crippen molar-refractivity contribution in [2.75, 3.05) is 19.0 Å². The van der Waals surface area contributed by atoms with Gasteiger partial charge in [-0.1, -0.05) is 31.2 Å². The fraction of sp³-hybridized carbons (Fsp3) is 0.227. The molecule has 3 aromatic rings. The van der Waals surface area contributed by atoms with Gasteiger partial charge in [0.05, 0.1) is 19.5 Å². The van der Waals surface area contributed by atoms with E-state index in [4.69, 9.17) is 4.74 Å². The van der Waals surface area contributed by atoms with Gasteiger partial charge >= 0.3 is 0 Å². The Morgan fingerprint density at radius 3 is 2.29 bits per heavy atom. The van der Waals surface area contributed by atoms with E-state index in [2.05, 4.69) is 39.7 Å². The van der Waals surface area contributed by atoms with Crippen LogP contribution in [0, 0.1) is 0 Å². The van der Waals surface area contributed by atoms with Crippen LogP contribution in [-0.2, 0) is 12.8 Å². The largest absolute Gasteiger partial charge is 0.497 e. The van der Waals surface area contributed by atoms with Gasteiger partial charge in [0, 0.05) is 12.2 Å². The molecule has 0 bridgehead atoms.